The molecule has 0 radical (unpaired) electrons. The molecule has 2 aliphatic rings. The lowest BCUT2D eigenvalue weighted by Gasteiger charge is -2.39. The number of anilines is 2. The standard InChI is InChI=1S/C19H21N3O2/c1-13-3-5-14(6-4-13)22-9-7-19(8-10-22)16-11-15(24-2)12-20-17(16)21-18(19)23/h3-6,11-12H,7-10H2,1-2H3,(H,20,21,23). The van der Waals surface area contributed by atoms with Crippen LogP contribution in [0.1, 0.15) is 24.0 Å². The van der Waals surface area contributed by atoms with E-state index in [1.807, 2.05) is 6.07 Å². The van der Waals surface area contributed by atoms with E-state index in [-0.39, 0.29) is 5.91 Å². The maximum absolute atomic E-state index is 12.7. The van der Waals surface area contributed by atoms with Gasteiger partial charge in [-0.2, -0.15) is 0 Å². The number of hydrogen-bond acceptors (Lipinski definition) is 4. The van der Waals surface area contributed by atoms with Crippen molar-refractivity contribution in [1.82, 2.24) is 4.98 Å². The summed E-state index contributed by atoms with van der Waals surface area (Å²) in [5.74, 6) is 1.46. The van der Waals surface area contributed by atoms with Crippen LogP contribution in [0.25, 0.3) is 0 Å². The van der Waals surface area contributed by atoms with E-state index >= 15 is 0 Å². The summed E-state index contributed by atoms with van der Waals surface area (Å²) in [7, 11) is 1.63. The summed E-state index contributed by atoms with van der Waals surface area (Å²) in [5, 5.41) is 2.95. The molecule has 0 saturated carbocycles. The lowest BCUT2D eigenvalue weighted by atomic mass is 9.74. The van der Waals surface area contributed by atoms with Crippen molar-refractivity contribution < 1.29 is 9.53 Å². The van der Waals surface area contributed by atoms with Crippen molar-refractivity contribution in [2.24, 2.45) is 0 Å². The minimum absolute atomic E-state index is 0.0711. The Morgan fingerprint density at radius 2 is 1.92 bits per heavy atom. The minimum atomic E-state index is -0.474. The van der Waals surface area contributed by atoms with E-state index in [1.54, 1.807) is 13.3 Å². The number of carbonyl (C=O) groups is 1. The highest BCUT2D eigenvalue weighted by molar-refractivity contribution is 6.05. The number of piperidine rings is 1. The number of benzene rings is 1. The molecule has 1 aromatic heterocycles. The minimum Gasteiger partial charge on any atom is -0.495 e. The number of nitrogens with zero attached hydrogens (tertiary/aromatic N) is 2. The van der Waals surface area contributed by atoms with E-state index < -0.39 is 5.41 Å². The highest BCUT2D eigenvalue weighted by Crippen LogP contribution is 2.45. The van der Waals surface area contributed by atoms with Gasteiger partial charge in [0.05, 0.1) is 18.7 Å². The molecule has 0 bridgehead atoms. The Kier molecular flexibility index (Phi) is 3.44. The molecule has 2 aliphatic heterocycles. The van der Waals surface area contributed by atoms with Crippen molar-refractivity contribution >= 4 is 17.4 Å². The van der Waals surface area contributed by atoms with Gasteiger partial charge in [-0.25, -0.2) is 4.98 Å². The first-order valence-electron chi connectivity index (χ1n) is 8.30. The average molecular weight is 323 g/mol. The highest BCUT2D eigenvalue weighted by Gasteiger charge is 2.49. The molecule has 5 nitrogen and oxygen atoms in total. The summed E-state index contributed by atoms with van der Waals surface area (Å²) in [5.41, 5.74) is 2.99. The van der Waals surface area contributed by atoms with Crippen LogP contribution in [0.2, 0.25) is 0 Å². The van der Waals surface area contributed by atoms with Gasteiger partial charge in [-0.3, -0.25) is 4.79 Å². The lowest BCUT2D eigenvalue weighted by Crippen LogP contribution is -2.46. The van der Waals surface area contributed by atoms with Crippen molar-refractivity contribution in [3.05, 3.63) is 47.7 Å². The van der Waals surface area contributed by atoms with Gasteiger partial charge in [-0.05, 0) is 38.0 Å². The summed E-state index contributed by atoms with van der Waals surface area (Å²) >= 11 is 0. The molecule has 5 heteroatoms. The number of nitrogens with one attached hydrogen (secondary N) is 1. The number of amides is 1. The van der Waals surface area contributed by atoms with Crippen LogP contribution in [0.3, 0.4) is 0 Å². The number of aryl methyl sites for hydroxylation is 1. The Morgan fingerprint density at radius 1 is 1.21 bits per heavy atom. The van der Waals surface area contributed by atoms with Gasteiger partial charge in [0.15, 0.2) is 0 Å². The molecule has 1 N–H and O–H groups in total. The van der Waals surface area contributed by atoms with Gasteiger partial charge >= 0.3 is 0 Å². The van der Waals surface area contributed by atoms with E-state index in [0.29, 0.717) is 11.6 Å². The third-order valence-corrected chi connectivity index (χ3v) is 5.30. The molecule has 1 aromatic carbocycles. The fourth-order valence-corrected chi connectivity index (χ4v) is 3.77. The Balaban J connectivity index is 1.61. The summed E-state index contributed by atoms with van der Waals surface area (Å²) in [6.45, 7) is 3.80. The van der Waals surface area contributed by atoms with Crippen LogP contribution < -0.4 is 15.0 Å². The Bertz CT molecular complexity index is 778. The zero-order valence-electron chi connectivity index (χ0n) is 14.0. The first-order chi connectivity index (χ1) is 11.6. The van der Waals surface area contributed by atoms with Crippen LogP contribution in [-0.2, 0) is 10.2 Å². The first-order valence-corrected chi connectivity index (χ1v) is 8.30. The van der Waals surface area contributed by atoms with Crippen LogP contribution in [0.15, 0.2) is 36.5 Å². The summed E-state index contributed by atoms with van der Waals surface area (Å²) < 4.78 is 5.30. The molecule has 0 atom stereocenters. The Labute approximate surface area is 141 Å². The van der Waals surface area contributed by atoms with Crippen molar-refractivity contribution in [3.8, 4) is 5.75 Å². The highest BCUT2D eigenvalue weighted by atomic mass is 16.5. The summed E-state index contributed by atoms with van der Waals surface area (Å²) in [6, 6.07) is 10.5. The summed E-state index contributed by atoms with van der Waals surface area (Å²) in [6.07, 6.45) is 3.22. The van der Waals surface area contributed by atoms with Gasteiger partial charge in [0.25, 0.3) is 0 Å². The molecule has 0 aliphatic carbocycles. The number of carbonyl (C=O) groups excluding carboxylic acids is 1. The second-order valence-corrected chi connectivity index (χ2v) is 6.63. The second kappa shape index (κ2) is 5.51. The van der Waals surface area contributed by atoms with Gasteiger partial charge in [0.2, 0.25) is 5.91 Å². The zero-order chi connectivity index (χ0) is 16.7. The number of methoxy groups -OCH3 is 1. The van der Waals surface area contributed by atoms with Crippen LogP contribution in [0.5, 0.6) is 5.75 Å². The van der Waals surface area contributed by atoms with Gasteiger partial charge in [0.1, 0.15) is 11.6 Å². The SMILES string of the molecule is COc1cnc2c(c1)C1(CCN(c3ccc(C)cc3)CC1)C(=O)N2. The predicted octanol–water partition coefficient (Wildman–Crippen LogP) is 2.89. The third kappa shape index (κ3) is 2.23. The number of rotatable bonds is 2. The second-order valence-electron chi connectivity index (χ2n) is 6.63. The Morgan fingerprint density at radius 3 is 2.58 bits per heavy atom. The number of aromatic nitrogens is 1. The predicted molar refractivity (Wildman–Crippen MR) is 93.7 cm³/mol. The smallest absolute Gasteiger partial charge is 0.236 e. The number of ether oxygens (including phenoxy) is 1. The molecule has 1 fully saturated rings. The van der Waals surface area contributed by atoms with Crippen molar-refractivity contribution in [1.29, 1.82) is 0 Å². The van der Waals surface area contributed by atoms with Gasteiger partial charge in [-0.15, -0.1) is 0 Å². The molecule has 1 saturated heterocycles. The fourth-order valence-electron chi connectivity index (χ4n) is 3.77. The van der Waals surface area contributed by atoms with E-state index in [4.69, 9.17) is 4.74 Å². The maximum Gasteiger partial charge on any atom is 0.236 e. The molecule has 124 valence electrons. The molecule has 0 unspecified atom stereocenters. The summed E-state index contributed by atoms with van der Waals surface area (Å²) in [4.78, 5) is 19.4. The van der Waals surface area contributed by atoms with Crippen molar-refractivity contribution in [2.75, 3.05) is 30.4 Å². The fraction of sp³-hybridized carbons (Fsp3) is 0.368. The Hall–Kier alpha value is -2.56. The van der Waals surface area contributed by atoms with Crippen LogP contribution >= 0.6 is 0 Å². The van der Waals surface area contributed by atoms with Crippen molar-refractivity contribution in [2.45, 2.75) is 25.2 Å². The van der Waals surface area contributed by atoms with E-state index in [0.717, 1.165) is 31.5 Å². The van der Waals surface area contributed by atoms with Gasteiger partial charge < -0.3 is 15.0 Å². The monoisotopic (exact) mass is 323 g/mol. The molecule has 1 amide bonds. The average Bonchev–Trinajstić information content (AvgIpc) is 2.88. The topological polar surface area (TPSA) is 54.5 Å². The molecular weight excluding hydrogens is 302 g/mol. The van der Waals surface area contributed by atoms with Crippen molar-refractivity contribution in [3.63, 3.8) is 0 Å². The molecule has 4 rings (SSSR count). The molecule has 2 aromatic rings. The van der Waals surface area contributed by atoms with Crippen LogP contribution in [0, 0.1) is 6.92 Å². The van der Waals surface area contributed by atoms with E-state index in [1.165, 1.54) is 11.3 Å². The molecule has 3 heterocycles. The third-order valence-electron chi connectivity index (χ3n) is 5.30. The van der Waals surface area contributed by atoms with E-state index in [9.17, 15) is 4.79 Å². The number of pyridine rings is 1. The normalized spacial score (nSPS) is 18.4. The first kappa shape index (κ1) is 15.0. The van der Waals surface area contributed by atoms with Crippen LogP contribution in [0.4, 0.5) is 11.5 Å². The number of fused-ring (bicyclic) bond motifs is 2. The molecule has 24 heavy (non-hydrogen) atoms. The quantitative estimate of drug-likeness (QED) is 0.923. The lowest BCUT2D eigenvalue weighted by molar-refractivity contribution is -0.121. The molecule has 1 spiro atoms. The number of hydrogen-bond donors (Lipinski definition) is 1. The van der Waals surface area contributed by atoms with E-state index in [2.05, 4.69) is 46.4 Å². The zero-order valence-corrected chi connectivity index (χ0v) is 14.0. The largest absolute Gasteiger partial charge is 0.495 e. The van der Waals surface area contributed by atoms with Crippen LogP contribution in [-0.4, -0.2) is 31.1 Å². The maximum atomic E-state index is 12.7. The van der Waals surface area contributed by atoms with Gasteiger partial charge in [-0.1, -0.05) is 17.7 Å². The molecular formula is C19H21N3O2. The van der Waals surface area contributed by atoms with Gasteiger partial charge in [0, 0.05) is 24.3 Å².